The van der Waals surface area contributed by atoms with E-state index < -0.39 is 9.84 Å². The molecule has 3 rings (SSSR count). The highest BCUT2D eigenvalue weighted by Gasteiger charge is 2.30. The smallest absolute Gasteiger partial charge is 0.157 e. The zero-order valence-corrected chi connectivity index (χ0v) is 15.3. The molecule has 130 valence electrons. The number of sulfone groups is 1. The first kappa shape index (κ1) is 16.9. The van der Waals surface area contributed by atoms with Crippen LogP contribution >= 0.6 is 0 Å². The molecule has 2 atom stereocenters. The molecule has 1 aromatic heterocycles. The van der Waals surface area contributed by atoms with Crippen LogP contribution in [0.5, 0.6) is 0 Å². The molecule has 0 amide bonds. The second-order valence-corrected chi connectivity index (χ2v) is 10.1. The maximum atomic E-state index is 12.5. The van der Waals surface area contributed by atoms with Gasteiger partial charge in [0, 0.05) is 6.04 Å². The Morgan fingerprint density at radius 1 is 1.09 bits per heavy atom. The normalized spacial score (nSPS) is 28.9. The van der Waals surface area contributed by atoms with Crippen molar-refractivity contribution in [2.24, 2.45) is 17.8 Å². The second kappa shape index (κ2) is 6.54. The molecule has 6 heteroatoms. The van der Waals surface area contributed by atoms with Gasteiger partial charge < -0.3 is 4.57 Å². The Balaban J connectivity index is 1.59. The molecular weight excluding hydrogens is 310 g/mol. The van der Waals surface area contributed by atoms with Gasteiger partial charge >= 0.3 is 0 Å². The Bertz CT molecular complexity index is 639. The molecule has 0 bridgehead atoms. The van der Waals surface area contributed by atoms with Gasteiger partial charge in [-0.3, -0.25) is 0 Å². The lowest BCUT2D eigenvalue weighted by Crippen LogP contribution is -2.22. The summed E-state index contributed by atoms with van der Waals surface area (Å²) in [5.41, 5.74) is 0. The first-order valence-corrected chi connectivity index (χ1v) is 10.8. The minimum Gasteiger partial charge on any atom is -0.311 e. The van der Waals surface area contributed by atoms with Crippen molar-refractivity contribution in [3.8, 4) is 0 Å². The predicted molar refractivity (Wildman–Crippen MR) is 90.8 cm³/mol. The van der Waals surface area contributed by atoms with E-state index in [9.17, 15) is 8.42 Å². The summed E-state index contributed by atoms with van der Waals surface area (Å²) in [7, 11) is -3.11. The molecule has 2 aliphatic rings. The molecule has 0 N–H and O–H groups in total. The van der Waals surface area contributed by atoms with Crippen molar-refractivity contribution in [1.29, 1.82) is 0 Å². The van der Waals surface area contributed by atoms with Crippen LogP contribution in [0.15, 0.2) is 0 Å². The summed E-state index contributed by atoms with van der Waals surface area (Å²) in [6.45, 7) is 6.49. The van der Waals surface area contributed by atoms with Crippen LogP contribution in [0.25, 0.3) is 0 Å². The van der Waals surface area contributed by atoms with Crippen LogP contribution in [0.1, 0.15) is 70.1 Å². The van der Waals surface area contributed by atoms with Crippen molar-refractivity contribution < 1.29 is 8.42 Å². The third-order valence-electron chi connectivity index (χ3n) is 5.31. The first-order valence-electron chi connectivity index (χ1n) is 8.95. The average Bonchev–Trinajstić information content (AvgIpc) is 3.21. The average molecular weight is 340 g/mol. The Morgan fingerprint density at radius 2 is 1.74 bits per heavy atom. The lowest BCUT2D eigenvalue weighted by Gasteiger charge is -2.31. The van der Waals surface area contributed by atoms with Crippen molar-refractivity contribution in [3.05, 3.63) is 11.6 Å². The molecule has 0 spiro atoms. The van der Waals surface area contributed by atoms with Crippen LogP contribution in [0.3, 0.4) is 0 Å². The summed E-state index contributed by atoms with van der Waals surface area (Å²) in [5, 5.41) is 8.20. The van der Waals surface area contributed by atoms with E-state index in [0.29, 0.717) is 17.8 Å². The SMILES string of the molecule is Cc1nnc(CS(=O)(=O)CCC2CC(C)CC(C)C2)n1C1CC1. The van der Waals surface area contributed by atoms with Gasteiger partial charge in [-0.25, -0.2) is 8.42 Å². The highest BCUT2D eigenvalue weighted by Crippen LogP contribution is 2.37. The van der Waals surface area contributed by atoms with Gasteiger partial charge in [-0.1, -0.05) is 13.8 Å². The highest BCUT2D eigenvalue weighted by atomic mass is 32.2. The lowest BCUT2D eigenvalue weighted by atomic mass is 9.76. The monoisotopic (exact) mass is 339 g/mol. The van der Waals surface area contributed by atoms with E-state index in [1.165, 1.54) is 19.3 Å². The van der Waals surface area contributed by atoms with Crippen LogP contribution in [0.2, 0.25) is 0 Å². The van der Waals surface area contributed by atoms with E-state index in [1.54, 1.807) is 0 Å². The molecule has 2 aliphatic carbocycles. The Morgan fingerprint density at radius 3 is 2.35 bits per heavy atom. The first-order chi connectivity index (χ1) is 10.8. The maximum absolute atomic E-state index is 12.5. The third kappa shape index (κ3) is 4.34. The van der Waals surface area contributed by atoms with E-state index in [-0.39, 0.29) is 11.5 Å². The molecular formula is C17H29N3O2S. The Labute approximate surface area is 139 Å². The van der Waals surface area contributed by atoms with Crippen LogP contribution in [0, 0.1) is 24.7 Å². The van der Waals surface area contributed by atoms with Crippen LogP contribution in [-0.4, -0.2) is 28.9 Å². The predicted octanol–water partition coefficient (Wildman–Crippen LogP) is 3.30. The van der Waals surface area contributed by atoms with E-state index in [0.717, 1.165) is 36.9 Å². The molecule has 2 fully saturated rings. The second-order valence-electron chi connectivity index (χ2n) is 7.93. The lowest BCUT2D eigenvalue weighted by molar-refractivity contribution is 0.215. The summed E-state index contributed by atoms with van der Waals surface area (Å²) in [6.07, 6.45) is 6.67. The Kier molecular flexibility index (Phi) is 4.81. The third-order valence-corrected chi connectivity index (χ3v) is 6.87. The highest BCUT2D eigenvalue weighted by molar-refractivity contribution is 7.90. The van der Waals surface area contributed by atoms with Crippen molar-refractivity contribution >= 4 is 9.84 Å². The van der Waals surface area contributed by atoms with Crippen molar-refractivity contribution in [2.45, 2.75) is 71.1 Å². The molecule has 2 saturated carbocycles. The standard InChI is InChI=1S/C17H29N3O2S/c1-12-8-13(2)10-15(9-12)6-7-23(21,22)11-17-19-18-14(3)20(17)16-4-5-16/h12-13,15-16H,4-11H2,1-3H3. The zero-order chi connectivity index (χ0) is 16.6. The van der Waals surface area contributed by atoms with E-state index in [2.05, 4.69) is 24.0 Å². The van der Waals surface area contributed by atoms with E-state index in [4.69, 9.17) is 0 Å². The quantitative estimate of drug-likeness (QED) is 0.797. The molecule has 0 radical (unpaired) electrons. The molecule has 0 aromatic carbocycles. The van der Waals surface area contributed by atoms with Crippen molar-refractivity contribution in [1.82, 2.24) is 14.8 Å². The van der Waals surface area contributed by atoms with E-state index >= 15 is 0 Å². The van der Waals surface area contributed by atoms with Crippen molar-refractivity contribution in [2.75, 3.05) is 5.75 Å². The number of aromatic nitrogens is 3. The minimum atomic E-state index is -3.11. The molecule has 1 heterocycles. The summed E-state index contributed by atoms with van der Waals surface area (Å²) >= 11 is 0. The van der Waals surface area contributed by atoms with Gasteiger partial charge in [0.05, 0.1) is 5.75 Å². The molecule has 0 aliphatic heterocycles. The molecule has 2 unspecified atom stereocenters. The minimum absolute atomic E-state index is 0.0438. The zero-order valence-electron chi connectivity index (χ0n) is 14.5. The van der Waals surface area contributed by atoms with Gasteiger partial charge in [0.1, 0.15) is 17.4 Å². The molecule has 23 heavy (non-hydrogen) atoms. The Hall–Kier alpha value is -0.910. The molecule has 5 nitrogen and oxygen atoms in total. The fourth-order valence-corrected chi connectivity index (χ4v) is 5.71. The van der Waals surface area contributed by atoms with Crippen LogP contribution in [-0.2, 0) is 15.6 Å². The summed E-state index contributed by atoms with van der Waals surface area (Å²) < 4.78 is 27.1. The van der Waals surface area contributed by atoms with Gasteiger partial charge in [0.25, 0.3) is 0 Å². The van der Waals surface area contributed by atoms with Gasteiger partial charge in [-0.05, 0) is 63.2 Å². The van der Waals surface area contributed by atoms with Gasteiger partial charge in [0.2, 0.25) is 0 Å². The summed E-state index contributed by atoms with van der Waals surface area (Å²) in [4.78, 5) is 0. The van der Waals surface area contributed by atoms with Crippen LogP contribution in [0.4, 0.5) is 0 Å². The van der Waals surface area contributed by atoms with Crippen LogP contribution < -0.4 is 0 Å². The topological polar surface area (TPSA) is 64.8 Å². The fourth-order valence-electron chi connectivity index (χ4n) is 4.28. The van der Waals surface area contributed by atoms with Crippen molar-refractivity contribution in [3.63, 3.8) is 0 Å². The fraction of sp³-hybridized carbons (Fsp3) is 0.882. The largest absolute Gasteiger partial charge is 0.311 e. The van der Waals surface area contributed by atoms with Gasteiger partial charge in [0.15, 0.2) is 9.84 Å². The number of aryl methyl sites for hydroxylation is 1. The molecule has 0 saturated heterocycles. The van der Waals surface area contributed by atoms with E-state index in [1.807, 2.05) is 11.5 Å². The van der Waals surface area contributed by atoms with Gasteiger partial charge in [-0.15, -0.1) is 10.2 Å². The molecule has 1 aromatic rings. The maximum Gasteiger partial charge on any atom is 0.157 e. The number of hydrogen-bond acceptors (Lipinski definition) is 4. The number of nitrogens with zero attached hydrogens (tertiary/aromatic N) is 3. The number of rotatable bonds is 6. The summed E-state index contributed by atoms with van der Waals surface area (Å²) in [6, 6.07) is 0.426. The number of hydrogen-bond donors (Lipinski definition) is 0. The summed E-state index contributed by atoms with van der Waals surface area (Å²) in [5.74, 6) is 3.82. The van der Waals surface area contributed by atoms with Gasteiger partial charge in [-0.2, -0.15) is 0 Å².